The van der Waals surface area contributed by atoms with Gasteiger partial charge in [-0.05, 0) is 25.0 Å². The van der Waals surface area contributed by atoms with Crippen LogP contribution in [0.5, 0.6) is 5.75 Å². The topological polar surface area (TPSA) is 32.8 Å². The lowest BCUT2D eigenvalue weighted by Crippen LogP contribution is -2.47. The molecule has 2 fully saturated rings. The van der Waals surface area contributed by atoms with Gasteiger partial charge in [-0.15, -0.1) is 0 Å². The molecule has 4 rings (SSSR count). The van der Waals surface area contributed by atoms with Crippen LogP contribution in [0, 0.1) is 0 Å². The van der Waals surface area contributed by atoms with Gasteiger partial charge in [-0.3, -0.25) is 9.69 Å². The van der Waals surface area contributed by atoms with Crippen LogP contribution in [-0.4, -0.2) is 42.6 Å². The lowest BCUT2D eigenvalue weighted by atomic mass is 10.1. The van der Waals surface area contributed by atoms with Crippen molar-refractivity contribution in [3.8, 4) is 5.75 Å². The second-order valence-corrected chi connectivity index (χ2v) is 6.49. The van der Waals surface area contributed by atoms with E-state index in [1.165, 1.54) is 25.7 Å². The molecule has 0 spiro atoms. The minimum atomic E-state index is -0.00328. The first-order valence-electron chi connectivity index (χ1n) is 8.03. The first-order chi connectivity index (χ1) is 10.2. The van der Waals surface area contributed by atoms with E-state index in [0.717, 1.165) is 24.4 Å². The first-order valence-corrected chi connectivity index (χ1v) is 8.03. The van der Waals surface area contributed by atoms with Gasteiger partial charge in [0, 0.05) is 26.1 Å². The number of benzene rings is 1. The molecule has 0 radical (unpaired) electrons. The Hall–Kier alpha value is -1.55. The van der Waals surface area contributed by atoms with E-state index in [2.05, 4.69) is 4.90 Å². The highest BCUT2D eigenvalue weighted by molar-refractivity contribution is 5.98. The summed E-state index contributed by atoms with van der Waals surface area (Å²) in [4.78, 5) is 17.1. The third kappa shape index (κ3) is 2.13. The molecular formula is C17H22N2O2. The van der Waals surface area contributed by atoms with E-state index in [1.54, 1.807) is 4.90 Å². The van der Waals surface area contributed by atoms with E-state index < -0.39 is 0 Å². The molecule has 1 aromatic rings. The van der Waals surface area contributed by atoms with E-state index in [0.29, 0.717) is 6.04 Å². The molecular weight excluding hydrogens is 264 g/mol. The molecule has 2 unspecified atom stereocenters. The lowest BCUT2D eigenvalue weighted by molar-refractivity contribution is -0.123. The predicted octanol–water partition coefficient (Wildman–Crippen LogP) is 2.43. The van der Waals surface area contributed by atoms with Crippen LogP contribution in [0.4, 0.5) is 5.69 Å². The third-order valence-electron chi connectivity index (χ3n) is 5.23. The van der Waals surface area contributed by atoms with E-state index >= 15 is 0 Å². The van der Waals surface area contributed by atoms with Crippen molar-refractivity contribution >= 4 is 11.6 Å². The van der Waals surface area contributed by atoms with Crippen molar-refractivity contribution < 1.29 is 9.53 Å². The maximum Gasteiger partial charge on any atom is 0.244 e. The minimum absolute atomic E-state index is 0.00328. The van der Waals surface area contributed by atoms with Crippen LogP contribution in [0.3, 0.4) is 0 Å². The van der Waals surface area contributed by atoms with Gasteiger partial charge in [0.1, 0.15) is 11.9 Å². The summed E-state index contributed by atoms with van der Waals surface area (Å²) in [5.74, 6) is 1.06. The van der Waals surface area contributed by atoms with Gasteiger partial charge in [-0.1, -0.05) is 25.0 Å². The normalized spacial score (nSPS) is 30.0. The maximum atomic E-state index is 12.9. The molecule has 1 aromatic carbocycles. The molecule has 1 saturated heterocycles. The van der Waals surface area contributed by atoms with Gasteiger partial charge in [0.2, 0.25) is 5.91 Å². The third-order valence-corrected chi connectivity index (χ3v) is 5.23. The number of likely N-dealkylation sites (N-methyl/N-ethyl adjacent to an activating group) is 1. The highest BCUT2D eigenvalue weighted by Gasteiger charge is 2.44. The molecule has 2 heterocycles. The Kier molecular flexibility index (Phi) is 3.14. The zero-order chi connectivity index (χ0) is 14.4. The Morgan fingerprint density at radius 1 is 1.19 bits per heavy atom. The highest BCUT2D eigenvalue weighted by atomic mass is 16.5. The number of ether oxygens (including phenoxy) is 1. The summed E-state index contributed by atoms with van der Waals surface area (Å²) in [5, 5.41) is 0. The molecule has 4 nitrogen and oxygen atoms in total. The Morgan fingerprint density at radius 3 is 2.76 bits per heavy atom. The number of fused-ring (bicyclic) bond motifs is 3. The zero-order valence-electron chi connectivity index (χ0n) is 12.5. The molecule has 1 amide bonds. The number of nitrogens with zero attached hydrogens (tertiary/aromatic N) is 2. The number of amides is 1. The zero-order valence-corrected chi connectivity index (χ0v) is 12.5. The molecule has 112 valence electrons. The largest absolute Gasteiger partial charge is 0.487 e. The number of carbonyl (C=O) groups excluding carboxylic acids is 1. The van der Waals surface area contributed by atoms with Gasteiger partial charge in [0.05, 0.1) is 11.7 Å². The number of rotatable bonds is 1. The summed E-state index contributed by atoms with van der Waals surface area (Å²) in [5.41, 5.74) is 0.894. The van der Waals surface area contributed by atoms with Crippen LogP contribution in [0.15, 0.2) is 24.3 Å². The molecule has 0 N–H and O–H groups in total. The summed E-state index contributed by atoms with van der Waals surface area (Å²) >= 11 is 0. The van der Waals surface area contributed by atoms with Crippen molar-refractivity contribution in [3.63, 3.8) is 0 Å². The summed E-state index contributed by atoms with van der Waals surface area (Å²) in [7, 11) is 1.87. The minimum Gasteiger partial charge on any atom is -0.487 e. The number of para-hydroxylation sites is 2. The maximum absolute atomic E-state index is 12.9. The van der Waals surface area contributed by atoms with E-state index in [4.69, 9.17) is 4.74 Å². The standard InChI is InChI=1S/C17H22N2O2/c1-18-14-8-4-5-9-16(14)21-13-10-15(17(18)20)19(11-13)12-6-2-3-7-12/h4-5,8-9,12-13,15H,2-3,6-7,10-11H2,1H3. The van der Waals surface area contributed by atoms with Gasteiger partial charge in [0.25, 0.3) is 0 Å². The fourth-order valence-electron chi connectivity index (χ4n) is 4.14. The summed E-state index contributed by atoms with van der Waals surface area (Å²) < 4.78 is 6.20. The van der Waals surface area contributed by atoms with Crippen molar-refractivity contribution in [2.24, 2.45) is 0 Å². The smallest absolute Gasteiger partial charge is 0.244 e. The van der Waals surface area contributed by atoms with Crippen molar-refractivity contribution in [2.75, 3.05) is 18.5 Å². The van der Waals surface area contributed by atoms with E-state index in [9.17, 15) is 4.79 Å². The van der Waals surface area contributed by atoms with Gasteiger partial charge in [-0.2, -0.15) is 0 Å². The predicted molar refractivity (Wildman–Crippen MR) is 81.6 cm³/mol. The SMILES string of the molecule is CN1C(=O)C2CC(CN2C2CCCC2)Oc2ccccc21. The van der Waals surface area contributed by atoms with Gasteiger partial charge in [-0.25, -0.2) is 0 Å². The number of hydrogen-bond donors (Lipinski definition) is 0. The molecule has 4 heteroatoms. The van der Waals surface area contributed by atoms with E-state index in [-0.39, 0.29) is 18.1 Å². The quantitative estimate of drug-likeness (QED) is 0.795. The number of carbonyl (C=O) groups is 1. The summed E-state index contributed by atoms with van der Waals surface area (Å²) in [6, 6.07) is 8.44. The summed E-state index contributed by atoms with van der Waals surface area (Å²) in [6.45, 7) is 0.892. The van der Waals surface area contributed by atoms with Crippen LogP contribution >= 0.6 is 0 Å². The van der Waals surface area contributed by atoms with Crippen LogP contribution in [0.1, 0.15) is 32.1 Å². The lowest BCUT2D eigenvalue weighted by Gasteiger charge is -2.32. The molecule has 21 heavy (non-hydrogen) atoms. The fourth-order valence-corrected chi connectivity index (χ4v) is 4.14. The van der Waals surface area contributed by atoms with Crippen LogP contribution in [-0.2, 0) is 4.79 Å². The molecule has 3 aliphatic rings. The number of anilines is 1. The molecule has 2 atom stereocenters. The van der Waals surface area contributed by atoms with Crippen LogP contribution in [0.25, 0.3) is 0 Å². The van der Waals surface area contributed by atoms with Gasteiger partial charge in [0.15, 0.2) is 0 Å². The molecule has 0 aromatic heterocycles. The monoisotopic (exact) mass is 286 g/mol. The van der Waals surface area contributed by atoms with Crippen LogP contribution in [0.2, 0.25) is 0 Å². The fraction of sp³-hybridized carbons (Fsp3) is 0.588. The number of likely N-dealkylation sites (tertiary alicyclic amines) is 1. The Labute approximate surface area is 125 Å². The van der Waals surface area contributed by atoms with E-state index in [1.807, 2.05) is 31.3 Å². The average molecular weight is 286 g/mol. The number of hydrogen-bond acceptors (Lipinski definition) is 3. The highest BCUT2D eigenvalue weighted by Crippen LogP contribution is 2.38. The first kappa shape index (κ1) is 13.1. The molecule has 2 bridgehead atoms. The second kappa shape index (κ2) is 5.02. The van der Waals surface area contributed by atoms with Crippen molar-refractivity contribution in [1.29, 1.82) is 0 Å². The molecule has 2 aliphatic heterocycles. The Bertz CT molecular complexity index is 553. The van der Waals surface area contributed by atoms with Gasteiger partial charge < -0.3 is 9.64 Å². The average Bonchev–Trinajstić information content (AvgIpc) is 3.14. The second-order valence-electron chi connectivity index (χ2n) is 6.49. The van der Waals surface area contributed by atoms with Crippen molar-refractivity contribution in [2.45, 2.75) is 50.3 Å². The Balaban J connectivity index is 1.68. The Morgan fingerprint density at radius 2 is 1.95 bits per heavy atom. The van der Waals surface area contributed by atoms with Gasteiger partial charge >= 0.3 is 0 Å². The molecule has 1 saturated carbocycles. The van der Waals surface area contributed by atoms with Crippen molar-refractivity contribution in [3.05, 3.63) is 24.3 Å². The van der Waals surface area contributed by atoms with Crippen LogP contribution < -0.4 is 9.64 Å². The van der Waals surface area contributed by atoms with Crippen molar-refractivity contribution in [1.82, 2.24) is 4.90 Å². The molecule has 1 aliphatic carbocycles. The summed E-state index contributed by atoms with van der Waals surface area (Å²) in [6.07, 6.45) is 6.02.